The number of aromatic amines is 1. The number of esters is 1. The van der Waals surface area contributed by atoms with Gasteiger partial charge in [0.2, 0.25) is 15.8 Å². The molecule has 0 bridgehead atoms. The normalized spacial score (nSPS) is 12.6. The smallest absolute Gasteiger partial charge is 0.307 e. The zero-order valence-corrected chi connectivity index (χ0v) is 17.0. The molecule has 2 N–H and O–H groups in total. The van der Waals surface area contributed by atoms with Crippen LogP contribution in [0.15, 0.2) is 59.6 Å². The van der Waals surface area contributed by atoms with Crippen LogP contribution in [-0.2, 0) is 19.6 Å². The van der Waals surface area contributed by atoms with Gasteiger partial charge in [0.15, 0.2) is 6.10 Å². The number of hydrogen-bond donors (Lipinski definition) is 2. The van der Waals surface area contributed by atoms with Crippen LogP contribution in [0.5, 0.6) is 0 Å². The van der Waals surface area contributed by atoms with Crippen molar-refractivity contribution in [3.05, 3.63) is 65.9 Å². The first kappa shape index (κ1) is 20.8. The average molecular weight is 414 g/mol. The number of aryl methyl sites for hydroxylation is 1. The Morgan fingerprint density at radius 3 is 2.52 bits per heavy atom. The molecule has 0 saturated carbocycles. The molecule has 0 amide bonds. The van der Waals surface area contributed by atoms with E-state index >= 15 is 0 Å². The minimum atomic E-state index is -3.71. The van der Waals surface area contributed by atoms with Crippen molar-refractivity contribution >= 4 is 32.7 Å². The van der Waals surface area contributed by atoms with Crippen molar-refractivity contribution in [2.45, 2.75) is 31.3 Å². The van der Waals surface area contributed by atoms with Gasteiger partial charge >= 0.3 is 5.97 Å². The molecule has 0 saturated heterocycles. The van der Waals surface area contributed by atoms with E-state index in [0.29, 0.717) is 5.56 Å². The maximum absolute atomic E-state index is 12.6. The Balaban J connectivity index is 1.53. The van der Waals surface area contributed by atoms with E-state index in [1.807, 2.05) is 31.2 Å². The minimum absolute atomic E-state index is 0.122. The standard InChI is InChI=1S/C21H22N2O5S/c1-14-7-9-16(10-8-14)29(26,27)23-12-11-20(24)28-15(2)21(25)18-13-22-19-6-4-3-5-17(18)19/h3-10,13,15,22-23H,11-12H2,1-2H3/t15-/m0/s1. The Morgan fingerprint density at radius 1 is 1.10 bits per heavy atom. The number of Topliss-reactive ketones (excluding diaryl/α,β-unsaturated/α-hetero) is 1. The van der Waals surface area contributed by atoms with E-state index in [1.54, 1.807) is 18.3 Å². The average Bonchev–Trinajstić information content (AvgIpc) is 3.11. The second kappa shape index (κ2) is 8.59. The molecular formula is C21H22N2O5S. The summed E-state index contributed by atoms with van der Waals surface area (Å²) in [4.78, 5) is 27.8. The van der Waals surface area contributed by atoms with Crippen molar-refractivity contribution < 1.29 is 22.7 Å². The van der Waals surface area contributed by atoms with Gasteiger partial charge in [0, 0.05) is 29.2 Å². The van der Waals surface area contributed by atoms with E-state index in [9.17, 15) is 18.0 Å². The Morgan fingerprint density at radius 2 is 1.79 bits per heavy atom. The van der Waals surface area contributed by atoms with E-state index in [4.69, 9.17) is 4.74 Å². The summed E-state index contributed by atoms with van der Waals surface area (Å²) < 4.78 is 32.0. The fraction of sp³-hybridized carbons (Fsp3) is 0.238. The summed E-state index contributed by atoms with van der Waals surface area (Å²) in [6.07, 6.45) is 0.430. The van der Waals surface area contributed by atoms with Crippen LogP contribution in [0, 0.1) is 6.92 Å². The maximum Gasteiger partial charge on any atom is 0.307 e. The van der Waals surface area contributed by atoms with Gasteiger partial charge in [-0.2, -0.15) is 0 Å². The molecule has 29 heavy (non-hydrogen) atoms. The van der Waals surface area contributed by atoms with Crippen LogP contribution in [0.1, 0.15) is 29.3 Å². The number of carbonyl (C=O) groups excluding carboxylic acids is 2. The minimum Gasteiger partial charge on any atom is -0.454 e. The highest BCUT2D eigenvalue weighted by Crippen LogP contribution is 2.20. The number of rotatable bonds is 8. The highest BCUT2D eigenvalue weighted by molar-refractivity contribution is 7.89. The monoisotopic (exact) mass is 414 g/mol. The number of ketones is 1. The molecule has 3 aromatic rings. The van der Waals surface area contributed by atoms with E-state index in [0.717, 1.165) is 16.5 Å². The second-order valence-electron chi connectivity index (χ2n) is 6.71. The number of H-pyrrole nitrogens is 1. The molecule has 1 heterocycles. The summed E-state index contributed by atoms with van der Waals surface area (Å²) in [7, 11) is -3.71. The van der Waals surface area contributed by atoms with Crippen molar-refractivity contribution in [1.82, 2.24) is 9.71 Å². The summed E-state index contributed by atoms with van der Waals surface area (Å²) >= 11 is 0. The van der Waals surface area contributed by atoms with Crippen molar-refractivity contribution in [1.29, 1.82) is 0 Å². The highest BCUT2D eigenvalue weighted by Gasteiger charge is 2.22. The fourth-order valence-electron chi connectivity index (χ4n) is 2.89. The lowest BCUT2D eigenvalue weighted by atomic mass is 10.1. The van der Waals surface area contributed by atoms with Gasteiger partial charge in [-0.1, -0.05) is 35.9 Å². The van der Waals surface area contributed by atoms with Crippen LogP contribution in [0.4, 0.5) is 0 Å². The van der Waals surface area contributed by atoms with Crippen molar-refractivity contribution in [3.8, 4) is 0 Å². The first-order valence-electron chi connectivity index (χ1n) is 9.14. The first-order chi connectivity index (χ1) is 13.8. The van der Waals surface area contributed by atoms with Crippen LogP contribution < -0.4 is 4.72 Å². The third-order valence-corrected chi connectivity index (χ3v) is 5.96. The summed E-state index contributed by atoms with van der Waals surface area (Å²) in [5.74, 6) is -0.978. The molecule has 2 aromatic carbocycles. The second-order valence-corrected chi connectivity index (χ2v) is 8.47. The zero-order chi connectivity index (χ0) is 21.0. The molecule has 0 aliphatic carbocycles. The van der Waals surface area contributed by atoms with E-state index in [2.05, 4.69) is 9.71 Å². The number of benzene rings is 2. The number of fused-ring (bicyclic) bond motifs is 1. The Bertz CT molecular complexity index is 1130. The molecular weight excluding hydrogens is 392 g/mol. The number of ether oxygens (including phenoxy) is 1. The maximum atomic E-state index is 12.6. The molecule has 152 valence electrons. The fourth-order valence-corrected chi connectivity index (χ4v) is 3.92. The van der Waals surface area contributed by atoms with Gasteiger partial charge in [-0.05, 0) is 32.0 Å². The lowest BCUT2D eigenvalue weighted by Crippen LogP contribution is -2.29. The summed E-state index contributed by atoms with van der Waals surface area (Å²) in [5.41, 5.74) is 2.21. The first-order valence-corrected chi connectivity index (χ1v) is 10.6. The summed E-state index contributed by atoms with van der Waals surface area (Å²) in [6.45, 7) is 3.24. The van der Waals surface area contributed by atoms with Gasteiger partial charge in [-0.25, -0.2) is 13.1 Å². The molecule has 0 spiro atoms. The predicted molar refractivity (Wildman–Crippen MR) is 109 cm³/mol. The molecule has 0 radical (unpaired) electrons. The Labute approximate surface area is 169 Å². The van der Waals surface area contributed by atoms with Crippen LogP contribution in [-0.4, -0.2) is 37.8 Å². The van der Waals surface area contributed by atoms with Crippen LogP contribution in [0.25, 0.3) is 10.9 Å². The third kappa shape index (κ3) is 4.90. The lowest BCUT2D eigenvalue weighted by molar-refractivity contribution is -0.146. The summed E-state index contributed by atoms with van der Waals surface area (Å²) in [5, 5.41) is 0.756. The number of hydrogen-bond acceptors (Lipinski definition) is 5. The Hall–Kier alpha value is -2.97. The molecule has 7 nitrogen and oxygen atoms in total. The molecule has 8 heteroatoms. The summed E-state index contributed by atoms with van der Waals surface area (Å²) in [6, 6.07) is 13.7. The quantitative estimate of drug-likeness (QED) is 0.435. The number of aromatic nitrogens is 1. The molecule has 0 aliphatic rings. The van der Waals surface area contributed by atoms with Gasteiger partial charge in [0.1, 0.15) is 0 Å². The zero-order valence-electron chi connectivity index (χ0n) is 16.1. The van der Waals surface area contributed by atoms with E-state index in [-0.39, 0.29) is 23.6 Å². The topological polar surface area (TPSA) is 105 Å². The van der Waals surface area contributed by atoms with Crippen molar-refractivity contribution in [3.63, 3.8) is 0 Å². The van der Waals surface area contributed by atoms with Crippen molar-refractivity contribution in [2.75, 3.05) is 6.54 Å². The van der Waals surface area contributed by atoms with E-state index < -0.39 is 22.1 Å². The molecule has 0 unspecified atom stereocenters. The highest BCUT2D eigenvalue weighted by atomic mass is 32.2. The lowest BCUT2D eigenvalue weighted by Gasteiger charge is -2.12. The number of sulfonamides is 1. The molecule has 0 aliphatic heterocycles. The predicted octanol–water partition coefficient (Wildman–Crippen LogP) is 2.96. The van der Waals surface area contributed by atoms with E-state index in [1.165, 1.54) is 19.1 Å². The molecule has 1 aromatic heterocycles. The molecule has 1 atom stereocenters. The number of carbonyl (C=O) groups is 2. The van der Waals surface area contributed by atoms with Gasteiger partial charge in [0.25, 0.3) is 0 Å². The van der Waals surface area contributed by atoms with Gasteiger partial charge in [-0.15, -0.1) is 0 Å². The van der Waals surface area contributed by atoms with Crippen LogP contribution >= 0.6 is 0 Å². The number of nitrogens with one attached hydrogen (secondary N) is 2. The molecule has 3 rings (SSSR count). The van der Waals surface area contributed by atoms with Gasteiger partial charge < -0.3 is 9.72 Å². The van der Waals surface area contributed by atoms with Gasteiger partial charge in [-0.3, -0.25) is 9.59 Å². The van der Waals surface area contributed by atoms with Crippen molar-refractivity contribution in [2.24, 2.45) is 0 Å². The molecule has 0 fully saturated rings. The van der Waals surface area contributed by atoms with Crippen LogP contribution in [0.2, 0.25) is 0 Å². The Kier molecular flexibility index (Phi) is 6.14. The van der Waals surface area contributed by atoms with Gasteiger partial charge in [0.05, 0.1) is 11.3 Å². The van der Waals surface area contributed by atoms with Crippen LogP contribution in [0.3, 0.4) is 0 Å². The largest absolute Gasteiger partial charge is 0.454 e. The third-order valence-electron chi connectivity index (χ3n) is 4.48. The number of para-hydroxylation sites is 1. The SMILES string of the molecule is Cc1ccc(S(=O)(=O)NCCC(=O)O[C@@H](C)C(=O)c2c[nH]c3ccccc23)cc1.